The van der Waals surface area contributed by atoms with Crippen molar-refractivity contribution in [3.05, 3.63) is 89.4 Å². The first kappa shape index (κ1) is 18.3. The third-order valence-corrected chi connectivity index (χ3v) is 3.94. The van der Waals surface area contributed by atoms with E-state index < -0.39 is 5.97 Å². The number of furan rings is 1. The molecule has 0 aliphatic rings. The van der Waals surface area contributed by atoms with Crippen molar-refractivity contribution in [3.63, 3.8) is 0 Å². The Morgan fingerprint density at radius 3 is 2.48 bits per heavy atom. The normalized spacial score (nSPS) is 10.3. The molecule has 0 bridgehead atoms. The molecule has 0 atom stereocenters. The summed E-state index contributed by atoms with van der Waals surface area (Å²) in [5, 5.41) is 2.87. The number of nitrogens with one attached hydrogen (secondary N) is 1. The van der Waals surface area contributed by atoms with E-state index in [2.05, 4.69) is 5.32 Å². The van der Waals surface area contributed by atoms with E-state index in [0.29, 0.717) is 29.2 Å². The average Bonchev–Trinajstić information content (AvgIpc) is 3.19. The van der Waals surface area contributed by atoms with E-state index in [-0.39, 0.29) is 12.5 Å². The predicted molar refractivity (Wildman–Crippen MR) is 98.4 cm³/mol. The van der Waals surface area contributed by atoms with Gasteiger partial charge in [-0.1, -0.05) is 42.5 Å². The minimum Gasteiger partial charge on any atom is -0.485 e. The summed E-state index contributed by atoms with van der Waals surface area (Å²) in [5.74, 6) is -0.0186. The van der Waals surface area contributed by atoms with Crippen molar-refractivity contribution in [2.75, 3.05) is 7.11 Å². The number of ether oxygens (including phenoxy) is 2. The second kappa shape index (κ2) is 8.71. The fraction of sp³-hybridized carbons (Fsp3) is 0.143. The molecular weight excluding hydrogens is 346 g/mol. The third kappa shape index (κ3) is 4.55. The molecule has 0 radical (unpaired) electrons. The van der Waals surface area contributed by atoms with Crippen molar-refractivity contribution in [1.82, 2.24) is 5.32 Å². The Kier molecular flexibility index (Phi) is 5.89. The highest BCUT2D eigenvalue weighted by Crippen LogP contribution is 2.21. The largest absolute Gasteiger partial charge is 0.485 e. The van der Waals surface area contributed by atoms with Crippen molar-refractivity contribution < 1.29 is 23.5 Å². The molecule has 0 spiro atoms. The van der Waals surface area contributed by atoms with Crippen LogP contribution >= 0.6 is 0 Å². The molecule has 0 saturated heterocycles. The van der Waals surface area contributed by atoms with Crippen molar-refractivity contribution in [3.8, 4) is 5.75 Å². The van der Waals surface area contributed by atoms with Gasteiger partial charge < -0.3 is 19.2 Å². The van der Waals surface area contributed by atoms with E-state index in [1.807, 2.05) is 30.3 Å². The van der Waals surface area contributed by atoms with E-state index in [1.165, 1.54) is 19.4 Å². The topological polar surface area (TPSA) is 77.8 Å². The van der Waals surface area contributed by atoms with E-state index >= 15 is 0 Å². The van der Waals surface area contributed by atoms with E-state index in [0.717, 1.165) is 5.56 Å². The first-order valence-corrected chi connectivity index (χ1v) is 8.37. The summed E-state index contributed by atoms with van der Waals surface area (Å²) >= 11 is 0. The average molecular weight is 365 g/mol. The smallest absolute Gasteiger partial charge is 0.341 e. The molecule has 3 rings (SSSR count). The molecule has 1 N–H and O–H groups in total. The second-order valence-corrected chi connectivity index (χ2v) is 5.70. The molecule has 2 aromatic carbocycles. The van der Waals surface area contributed by atoms with Crippen molar-refractivity contribution in [1.29, 1.82) is 0 Å². The van der Waals surface area contributed by atoms with Gasteiger partial charge in [-0.2, -0.15) is 0 Å². The number of hydrogen-bond donors (Lipinski definition) is 1. The Bertz CT molecular complexity index is 917. The Balaban J connectivity index is 1.68. The van der Waals surface area contributed by atoms with Crippen molar-refractivity contribution >= 4 is 11.9 Å². The van der Waals surface area contributed by atoms with E-state index in [4.69, 9.17) is 13.9 Å². The molecule has 0 fully saturated rings. The maximum absolute atomic E-state index is 12.5. The maximum Gasteiger partial charge on any atom is 0.341 e. The lowest BCUT2D eigenvalue weighted by Crippen LogP contribution is -2.23. The van der Waals surface area contributed by atoms with Gasteiger partial charge in [-0.05, 0) is 23.8 Å². The Morgan fingerprint density at radius 2 is 1.70 bits per heavy atom. The molecule has 1 amide bonds. The van der Waals surface area contributed by atoms with E-state index in [9.17, 15) is 9.59 Å². The summed E-state index contributed by atoms with van der Waals surface area (Å²) in [7, 11) is 1.30. The highest BCUT2D eigenvalue weighted by atomic mass is 16.5. The van der Waals surface area contributed by atoms with Crippen LogP contribution in [0.15, 0.2) is 71.3 Å². The molecule has 3 aromatic rings. The second-order valence-electron chi connectivity index (χ2n) is 5.70. The summed E-state index contributed by atoms with van der Waals surface area (Å²) in [5.41, 5.74) is 1.70. The fourth-order valence-electron chi connectivity index (χ4n) is 2.54. The molecule has 0 aliphatic carbocycles. The highest BCUT2D eigenvalue weighted by Gasteiger charge is 2.17. The SMILES string of the molecule is COC(=O)c1ccoc1COc1ccccc1C(=O)NCc1ccccc1. The third-order valence-electron chi connectivity index (χ3n) is 3.94. The molecule has 1 aromatic heterocycles. The first-order chi connectivity index (χ1) is 13.2. The summed E-state index contributed by atoms with van der Waals surface area (Å²) in [6.45, 7) is 0.416. The maximum atomic E-state index is 12.5. The van der Waals surface area contributed by atoms with Gasteiger partial charge in [0.1, 0.15) is 17.9 Å². The lowest BCUT2D eigenvalue weighted by atomic mass is 10.1. The summed E-state index contributed by atoms with van der Waals surface area (Å²) in [4.78, 5) is 24.2. The predicted octanol–water partition coefficient (Wildman–Crippen LogP) is 3.58. The van der Waals surface area contributed by atoms with Gasteiger partial charge in [0.05, 0.1) is 18.9 Å². The number of amides is 1. The Morgan fingerprint density at radius 1 is 0.963 bits per heavy atom. The quantitative estimate of drug-likeness (QED) is 0.648. The molecule has 1 heterocycles. The van der Waals surface area contributed by atoms with Crippen molar-refractivity contribution in [2.24, 2.45) is 0 Å². The van der Waals surface area contributed by atoms with Crippen LogP contribution < -0.4 is 10.1 Å². The van der Waals surface area contributed by atoms with Crippen LogP contribution in [0, 0.1) is 0 Å². The van der Waals surface area contributed by atoms with Crippen LogP contribution in [0.25, 0.3) is 0 Å². The first-order valence-electron chi connectivity index (χ1n) is 8.37. The zero-order chi connectivity index (χ0) is 19.1. The number of benzene rings is 2. The summed E-state index contributed by atoms with van der Waals surface area (Å²) in [6.07, 6.45) is 1.39. The zero-order valence-electron chi connectivity index (χ0n) is 14.8. The molecule has 0 saturated carbocycles. The minimum absolute atomic E-state index is 0.000409. The standard InChI is InChI=1S/C21H19NO5/c1-25-21(24)17-11-12-26-19(17)14-27-18-10-6-5-9-16(18)20(23)22-13-15-7-3-2-4-8-15/h2-12H,13-14H2,1H3,(H,22,23). The lowest BCUT2D eigenvalue weighted by molar-refractivity contribution is 0.0595. The summed E-state index contributed by atoms with van der Waals surface area (Å²) in [6, 6.07) is 18.1. The van der Waals surface area contributed by atoms with Gasteiger partial charge in [0.2, 0.25) is 0 Å². The van der Waals surface area contributed by atoms with Crippen LogP contribution in [-0.4, -0.2) is 19.0 Å². The molecule has 0 aliphatic heterocycles. The zero-order valence-corrected chi connectivity index (χ0v) is 14.8. The van der Waals surface area contributed by atoms with Gasteiger partial charge in [0.15, 0.2) is 5.76 Å². The number of hydrogen-bond acceptors (Lipinski definition) is 5. The van der Waals surface area contributed by atoms with E-state index in [1.54, 1.807) is 24.3 Å². The van der Waals surface area contributed by atoms with Crippen LogP contribution in [-0.2, 0) is 17.9 Å². The van der Waals surface area contributed by atoms with Gasteiger partial charge in [-0.15, -0.1) is 0 Å². The molecule has 6 nitrogen and oxygen atoms in total. The minimum atomic E-state index is -0.503. The van der Waals surface area contributed by atoms with Gasteiger partial charge in [-0.3, -0.25) is 4.79 Å². The Labute approximate surface area is 156 Å². The number of carbonyl (C=O) groups excluding carboxylic acids is 2. The molecule has 27 heavy (non-hydrogen) atoms. The number of carbonyl (C=O) groups is 2. The van der Waals surface area contributed by atoms with Crippen LogP contribution in [0.1, 0.15) is 32.0 Å². The number of para-hydroxylation sites is 1. The number of methoxy groups -OCH3 is 1. The van der Waals surface area contributed by atoms with Gasteiger partial charge >= 0.3 is 5.97 Å². The molecule has 0 unspecified atom stereocenters. The number of rotatable bonds is 7. The molecule has 6 heteroatoms. The molecule has 138 valence electrons. The van der Waals surface area contributed by atoms with Gasteiger partial charge in [0.25, 0.3) is 5.91 Å². The van der Waals surface area contributed by atoms with Gasteiger partial charge in [-0.25, -0.2) is 4.79 Å². The van der Waals surface area contributed by atoms with Crippen LogP contribution in [0.5, 0.6) is 5.75 Å². The highest BCUT2D eigenvalue weighted by molar-refractivity contribution is 5.96. The van der Waals surface area contributed by atoms with Crippen LogP contribution in [0.2, 0.25) is 0 Å². The number of esters is 1. The molecular formula is C21H19NO5. The van der Waals surface area contributed by atoms with Gasteiger partial charge in [0, 0.05) is 6.54 Å². The fourth-order valence-corrected chi connectivity index (χ4v) is 2.54. The van der Waals surface area contributed by atoms with Crippen LogP contribution in [0.4, 0.5) is 0 Å². The monoisotopic (exact) mass is 365 g/mol. The van der Waals surface area contributed by atoms with Crippen molar-refractivity contribution in [2.45, 2.75) is 13.2 Å². The summed E-state index contributed by atoms with van der Waals surface area (Å²) < 4.78 is 15.7. The Hall–Kier alpha value is -3.54. The lowest BCUT2D eigenvalue weighted by Gasteiger charge is -2.11. The van der Waals surface area contributed by atoms with Crippen LogP contribution in [0.3, 0.4) is 0 Å².